The molecule has 0 aliphatic rings. The Balaban J connectivity index is 0. The summed E-state index contributed by atoms with van der Waals surface area (Å²) in [6.45, 7) is 14.5. The summed E-state index contributed by atoms with van der Waals surface area (Å²) in [5.74, 6) is 0. The fourth-order valence-corrected chi connectivity index (χ4v) is 1.84. The van der Waals surface area contributed by atoms with Gasteiger partial charge in [-0.05, 0) is 48.5 Å². The highest BCUT2D eigenvalue weighted by atomic mass is 13.9. The monoisotopic (exact) mass is 350 g/mol. The van der Waals surface area contributed by atoms with E-state index in [0.717, 1.165) is 0 Å². The molecule has 0 N–H and O–H groups in total. The minimum atomic E-state index is 0. The van der Waals surface area contributed by atoms with Gasteiger partial charge in [-0.15, -0.1) is 0 Å². The summed E-state index contributed by atoms with van der Waals surface area (Å²) in [5, 5.41) is 0. The maximum absolute atomic E-state index is 2.12. The number of rotatable bonds is 2. The van der Waals surface area contributed by atoms with E-state index in [9.17, 15) is 0 Å². The van der Waals surface area contributed by atoms with Crippen molar-refractivity contribution in [2.24, 2.45) is 0 Å². The van der Waals surface area contributed by atoms with Gasteiger partial charge in [0.1, 0.15) is 0 Å². The van der Waals surface area contributed by atoms with E-state index in [1.54, 1.807) is 0 Å². The Morgan fingerprint density at radius 2 is 0.923 bits per heavy atom. The van der Waals surface area contributed by atoms with Gasteiger partial charge < -0.3 is 0 Å². The van der Waals surface area contributed by atoms with E-state index in [2.05, 4.69) is 95.3 Å². The molecular weight excluding hydrogens is 312 g/mol. The van der Waals surface area contributed by atoms with Crippen molar-refractivity contribution in [3.8, 4) is 0 Å². The van der Waals surface area contributed by atoms with E-state index < -0.39 is 0 Å². The average Bonchev–Trinajstić information content (AvgIpc) is 2.60. The molecule has 0 unspecified atom stereocenters. The Morgan fingerprint density at radius 3 is 1.15 bits per heavy atom. The number of allylic oxidation sites excluding steroid dienone is 6. The normalized spacial score (nSPS) is 10.5. The zero-order chi connectivity index (χ0) is 19.1. The van der Waals surface area contributed by atoms with Gasteiger partial charge in [-0.3, -0.25) is 0 Å². The van der Waals surface area contributed by atoms with Crippen LogP contribution in [0.3, 0.4) is 0 Å². The predicted octanol–water partition coefficient (Wildman–Crippen LogP) is 8.33. The fourth-order valence-electron chi connectivity index (χ4n) is 1.84. The van der Waals surface area contributed by atoms with Crippen LogP contribution in [0.25, 0.3) is 0 Å². The summed E-state index contributed by atoms with van der Waals surface area (Å²) in [5.41, 5.74) is 6.60. The Kier molecular flexibility index (Phi) is 16.1. The molecule has 0 aromatic heterocycles. The predicted molar refractivity (Wildman–Crippen MR) is 122 cm³/mol. The van der Waals surface area contributed by atoms with Gasteiger partial charge in [-0.1, -0.05) is 114 Å². The quantitative estimate of drug-likeness (QED) is 0.477. The highest BCUT2D eigenvalue weighted by Gasteiger charge is 1.80. The van der Waals surface area contributed by atoms with Crippen molar-refractivity contribution >= 4 is 0 Å². The van der Waals surface area contributed by atoms with Crippen LogP contribution >= 0.6 is 0 Å². The van der Waals surface area contributed by atoms with Crippen LogP contribution in [0.5, 0.6) is 0 Å². The first kappa shape index (κ1) is 25.9. The molecule has 0 spiro atoms. The molecule has 0 aliphatic heterocycles. The van der Waals surface area contributed by atoms with Crippen LogP contribution in [-0.2, 0) is 0 Å². The van der Waals surface area contributed by atoms with E-state index in [4.69, 9.17) is 0 Å². The lowest BCUT2D eigenvalue weighted by Gasteiger charge is -1.90. The third-order valence-electron chi connectivity index (χ3n) is 3.42. The minimum Gasteiger partial charge on any atom is -0.0877 e. The fraction of sp³-hybridized carbons (Fsp3) is 0.308. The zero-order valence-electron chi connectivity index (χ0n) is 17.0. The van der Waals surface area contributed by atoms with Crippen LogP contribution in [0.15, 0.2) is 84.5 Å². The van der Waals surface area contributed by atoms with E-state index in [-0.39, 0.29) is 7.43 Å². The number of hydrogen-bond acceptors (Lipinski definition) is 0. The molecule has 142 valence electrons. The van der Waals surface area contributed by atoms with Crippen LogP contribution in [0.2, 0.25) is 0 Å². The summed E-state index contributed by atoms with van der Waals surface area (Å²) in [6, 6.07) is 17.0. The molecule has 0 nitrogen and oxygen atoms in total. The van der Waals surface area contributed by atoms with Gasteiger partial charge in [0, 0.05) is 0 Å². The average molecular weight is 351 g/mol. The van der Waals surface area contributed by atoms with Crippen molar-refractivity contribution in [2.75, 3.05) is 0 Å². The maximum atomic E-state index is 2.12. The molecule has 0 saturated carbocycles. The number of hydrogen-bond donors (Lipinski definition) is 0. The lowest BCUT2D eigenvalue weighted by Crippen LogP contribution is -1.70. The van der Waals surface area contributed by atoms with Crippen LogP contribution in [0.1, 0.15) is 50.5 Å². The van der Waals surface area contributed by atoms with Crippen LogP contribution < -0.4 is 0 Å². The molecule has 0 bridgehead atoms. The highest BCUT2D eigenvalue weighted by Crippen LogP contribution is 2.00. The molecule has 0 aliphatic carbocycles. The second-order valence-corrected chi connectivity index (χ2v) is 6.25. The molecule has 0 atom stereocenters. The Morgan fingerprint density at radius 1 is 0.615 bits per heavy atom. The first-order chi connectivity index (χ1) is 11.9. The van der Waals surface area contributed by atoms with E-state index in [0.29, 0.717) is 0 Å². The van der Waals surface area contributed by atoms with Gasteiger partial charge >= 0.3 is 0 Å². The minimum absolute atomic E-state index is 0. The van der Waals surface area contributed by atoms with Crippen LogP contribution in [-0.4, -0.2) is 0 Å². The summed E-state index contributed by atoms with van der Waals surface area (Å²) in [6.07, 6.45) is 10.3. The lowest BCUT2D eigenvalue weighted by atomic mass is 10.2. The van der Waals surface area contributed by atoms with Crippen molar-refractivity contribution in [3.05, 3.63) is 107 Å². The summed E-state index contributed by atoms with van der Waals surface area (Å²) < 4.78 is 0. The van der Waals surface area contributed by atoms with Crippen LogP contribution in [0, 0.1) is 27.7 Å². The van der Waals surface area contributed by atoms with Gasteiger partial charge in [0.15, 0.2) is 0 Å². The number of benzene rings is 2. The molecule has 2 aromatic rings. The summed E-state index contributed by atoms with van der Waals surface area (Å²) in [7, 11) is 0. The second kappa shape index (κ2) is 16.1. The SMILES string of the molecule is C.C\C=C/C(C)=C\C=C\C.Cc1ccc(C)cc1.Cc1ccc(C)cc1. The molecule has 0 fully saturated rings. The van der Waals surface area contributed by atoms with Crippen LogP contribution in [0.4, 0.5) is 0 Å². The lowest BCUT2D eigenvalue weighted by molar-refractivity contribution is 1.40. The molecule has 26 heavy (non-hydrogen) atoms. The van der Waals surface area contributed by atoms with Gasteiger partial charge in [0.25, 0.3) is 0 Å². The zero-order valence-corrected chi connectivity index (χ0v) is 17.0. The summed E-state index contributed by atoms with van der Waals surface area (Å²) >= 11 is 0. The Hall–Kier alpha value is -2.34. The van der Waals surface area contributed by atoms with E-state index in [1.807, 2.05) is 32.1 Å². The molecule has 2 rings (SSSR count). The molecular formula is C26H38. The molecule has 0 heteroatoms. The molecule has 0 saturated heterocycles. The van der Waals surface area contributed by atoms with Crippen molar-refractivity contribution in [1.29, 1.82) is 0 Å². The van der Waals surface area contributed by atoms with Gasteiger partial charge in [0.2, 0.25) is 0 Å². The third-order valence-corrected chi connectivity index (χ3v) is 3.42. The van der Waals surface area contributed by atoms with E-state index >= 15 is 0 Å². The number of aryl methyl sites for hydroxylation is 4. The topological polar surface area (TPSA) is 0 Å². The largest absolute Gasteiger partial charge is 0.0877 e. The van der Waals surface area contributed by atoms with E-state index in [1.165, 1.54) is 27.8 Å². The summed E-state index contributed by atoms with van der Waals surface area (Å²) in [4.78, 5) is 0. The first-order valence-electron chi connectivity index (χ1n) is 8.87. The molecule has 2 aromatic carbocycles. The third kappa shape index (κ3) is 15.2. The molecule has 0 heterocycles. The van der Waals surface area contributed by atoms with Gasteiger partial charge in [-0.2, -0.15) is 0 Å². The smallest absolute Gasteiger partial charge is 0.0398 e. The Bertz CT molecular complexity index is 565. The van der Waals surface area contributed by atoms with Gasteiger partial charge in [0.05, 0.1) is 0 Å². The molecule has 0 radical (unpaired) electrons. The van der Waals surface area contributed by atoms with Crippen molar-refractivity contribution in [2.45, 2.75) is 55.9 Å². The van der Waals surface area contributed by atoms with Gasteiger partial charge in [-0.25, -0.2) is 0 Å². The standard InChI is InChI=1S/C9H14.2C8H10.CH4/c1-4-6-8-9(3)7-5-2;2*1-7-3-5-8(2)6-4-7;/h4-8H,1-3H3;2*3-6H,1-2H3;1H4/b6-4+,7-5-,9-8-;;;. The second-order valence-electron chi connectivity index (χ2n) is 6.25. The molecule has 0 amide bonds. The Labute approximate surface area is 163 Å². The van der Waals surface area contributed by atoms with Crippen molar-refractivity contribution in [1.82, 2.24) is 0 Å². The van der Waals surface area contributed by atoms with Crippen molar-refractivity contribution in [3.63, 3.8) is 0 Å². The first-order valence-corrected chi connectivity index (χ1v) is 8.87. The highest BCUT2D eigenvalue weighted by molar-refractivity contribution is 5.21. The van der Waals surface area contributed by atoms with Crippen molar-refractivity contribution < 1.29 is 0 Å². The maximum Gasteiger partial charge on any atom is -0.0398 e.